The predicted octanol–water partition coefficient (Wildman–Crippen LogP) is 3.63. The second-order valence-electron chi connectivity index (χ2n) is 6.54. The molecule has 134 valence electrons. The van der Waals surface area contributed by atoms with Crippen molar-refractivity contribution in [1.29, 1.82) is 5.26 Å². The number of nitriles is 1. The van der Waals surface area contributed by atoms with E-state index in [1.54, 1.807) is 11.8 Å². The summed E-state index contributed by atoms with van der Waals surface area (Å²) in [6.45, 7) is 3.56. The molecule has 0 unspecified atom stereocenters. The minimum atomic E-state index is 0.128. The molecule has 4 nitrogen and oxygen atoms in total. The van der Waals surface area contributed by atoms with Gasteiger partial charge in [-0.25, -0.2) is 0 Å². The molecule has 0 saturated carbocycles. The highest BCUT2D eigenvalue weighted by molar-refractivity contribution is 7.98. The summed E-state index contributed by atoms with van der Waals surface area (Å²) in [5.41, 5.74) is 2.60. The van der Waals surface area contributed by atoms with Gasteiger partial charge in [0.1, 0.15) is 0 Å². The first kappa shape index (κ1) is 18.5. The number of likely N-dealkylation sites (N-methyl/N-ethyl adjacent to an activating group) is 1. The van der Waals surface area contributed by atoms with Crippen LogP contribution in [0.3, 0.4) is 0 Å². The molecule has 0 radical (unpaired) electrons. The van der Waals surface area contributed by atoms with Crippen LogP contribution >= 0.6 is 11.8 Å². The summed E-state index contributed by atoms with van der Waals surface area (Å²) in [7, 11) is 2.11. The van der Waals surface area contributed by atoms with Gasteiger partial charge in [-0.2, -0.15) is 5.26 Å². The van der Waals surface area contributed by atoms with Gasteiger partial charge in [0.15, 0.2) is 0 Å². The van der Waals surface area contributed by atoms with Gasteiger partial charge in [-0.05, 0) is 49.8 Å². The Kier molecular flexibility index (Phi) is 6.32. The molecule has 0 bridgehead atoms. The molecule has 1 saturated heterocycles. The average Bonchev–Trinajstić information content (AvgIpc) is 2.91. The van der Waals surface area contributed by atoms with Gasteiger partial charge in [0, 0.05) is 30.3 Å². The number of amides is 1. The van der Waals surface area contributed by atoms with Gasteiger partial charge in [-0.15, -0.1) is 11.8 Å². The minimum absolute atomic E-state index is 0.128. The molecule has 3 rings (SSSR count). The highest BCUT2D eigenvalue weighted by Crippen LogP contribution is 2.27. The largest absolute Gasteiger partial charge is 0.337 e. The van der Waals surface area contributed by atoms with E-state index in [-0.39, 0.29) is 5.91 Å². The molecular formula is C21H23N3OS. The van der Waals surface area contributed by atoms with Crippen molar-refractivity contribution in [1.82, 2.24) is 9.80 Å². The summed E-state index contributed by atoms with van der Waals surface area (Å²) in [6, 6.07) is 17.6. The summed E-state index contributed by atoms with van der Waals surface area (Å²) >= 11 is 1.67. The number of nitrogens with zero attached hydrogens (tertiary/aromatic N) is 3. The molecule has 0 aliphatic carbocycles. The van der Waals surface area contributed by atoms with Crippen molar-refractivity contribution in [3.05, 3.63) is 65.2 Å². The Hall–Kier alpha value is -2.29. The van der Waals surface area contributed by atoms with E-state index in [1.807, 2.05) is 53.4 Å². The van der Waals surface area contributed by atoms with Crippen molar-refractivity contribution in [2.75, 3.05) is 33.2 Å². The minimum Gasteiger partial charge on any atom is -0.337 e. The molecule has 26 heavy (non-hydrogen) atoms. The Bertz CT molecular complexity index is 798. The smallest absolute Gasteiger partial charge is 0.255 e. The van der Waals surface area contributed by atoms with Gasteiger partial charge in [0.2, 0.25) is 0 Å². The number of carbonyl (C=O) groups is 1. The van der Waals surface area contributed by atoms with Crippen molar-refractivity contribution in [3.63, 3.8) is 0 Å². The first-order valence-corrected chi connectivity index (χ1v) is 9.84. The molecule has 2 aromatic carbocycles. The van der Waals surface area contributed by atoms with E-state index in [9.17, 15) is 4.79 Å². The van der Waals surface area contributed by atoms with Crippen molar-refractivity contribution in [3.8, 4) is 6.07 Å². The summed E-state index contributed by atoms with van der Waals surface area (Å²) < 4.78 is 0. The average molecular weight is 366 g/mol. The molecular weight excluding hydrogens is 342 g/mol. The molecule has 0 N–H and O–H groups in total. The number of rotatable bonds is 4. The van der Waals surface area contributed by atoms with E-state index in [0.717, 1.165) is 54.4 Å². The predicted molar refractivity (Wildman–Crippen MR) is 105 cm³/mol. The molecule has 2 aromatic rings. The van der Waals surface area contributed by atoms with E-state index >= 15 is 0 Å². The van der Waals surface area contributed by atoms with Gasteiger partial charge >= 0.3 is 0 Å². The molecule has 1 fully saturated rings. The van der Waals surface area contributed by atoms with Crippen LogP contribution in [-0.2, 0) is 5.75 Å². The fraction of sp³-hybridized carbons (Fsp3) is 0.333. The van der Waals surface area contributed by atoms with Crippen molar-refractivity contribution < 1.29 is 4.79 Å². The van der Waals surface area contributed by atoms with Crippen LogP contribution < -0.4 is 0 Å². The number of carbonyl (C=O) groups excluding carboxylic acids is 1. The lowest BCUT2D eigenvalue weighted by molar-refractivity contribution is 0.0759. The van der Waals surface area contributed by atoms with E-state index in [0.29, 0.717) is 5.56 Å². The van der Waals surface area contributed by atoms with E-state index in [1.165, 1.54) is 0 Å². The van der Waals surface area contributed by atoms with E-state index in [4.69, 9.17) is 5.26 Å². The second-order valence-corrected chi connectivity index (χ2v) is 7.56. The third-order valence-corrected chi connectivity index (χ3v) is 5.75. The zero-order valence-corrected chi connectivity index (χ0v) is 15.8. The van der Waals surface area contributed by atoms with Crippen molar-refractivity contribution in [2.45, 2.75) is 17.1 Å². The Morgan fingerprint density at radius 1 is 1.08 bits per heavy atom. The number of thioether (sulfide) groups is 1. The van der Waals surface area contributed by atoms with Crippen molar-refractivity contribution in [2.24, 2.45) is 0 Å². The fourth-order valence-electron chi connectivity index (χ4n) is 3.03. The van der Waals surface area contributed by atoms with Gasteiger partial charge < -0.3 is 9.80 Å². The lowest BCUT2D eigenvalue weighted by Gasteiger charge is -2.22. The first-order chi connectivity index (χ1) is 12.7. The summed E-state index contributed by atoms with van der Waals surface area (Å²) in [5, 5.41) is 8.89. The molecule has 1 heterocycles. The normalized spacial score (nSPS) is 15.3. The molecule has 0 spiro atoms. The first-order valence-electron chi connectivity index (χ1n) is 8.86. The van der Waals surface area contributed by atoms with E-state index < -0.39 is 0 Å². The van der Waals surface area contributed by atoms with Gasteiger partial charge in [0.25, 0.3) is 5.91 Å². The van der Waals surface area contributed by atoms with Crippen LogP contribution in [0.5, 0.6) is 0 Å². The maximum absolute atomic E-state index is 13.0. The van der Waals surface area contributed by atoms with Crippen LogP contribution in [0, 0.1) is 11.3 Å². The summed E-state index contributed by atoms with van der Waals surface area (Å²) in [6.07, 6.45) is 1.02. The highest BCUT2D eigenvalue weighted by atomic mass is 32.2. The van der Waals surface area contributed by atoms with Crippen LogP contribution in [0.1, 0.15) is 27.9 Å². The maximum atomic E-state index is 13.0. The van der Waals surface area contributed by atoms with Gasteiger partial charge in [0.05, 0.1) is 17.2 Å². The molecule has 1 amide bonds. The second kappa shape index (κ2) is 8.88. The van der Waals surface area contributed by atoms with Crippen LogP contribution in [0.4, 0.5) is 0 Å². The monoisotopic (exact) mass is 365 g/mol. The summed E-state index contributed by atoms with van der Waals surface area (Å²) in [5.74, 6) is 0.905. The number of hydrogen-bond acceptors (Lipinski definition) is 4. The standard InChI is InChI=1S/C21H23N3OS/c1-23-11-4-12-24(14-13-23)21(25)19-5-2-3-6-20(19)26-16-18-9-7-17(15-22)8-10-18/h2-3,5-10H,4,11-14,16H2,1H3. The van der Waals surface area contributed by atoms with Crippen LogP contribution in [-0.4, -0.2) is 48.9 Å². The third-order valence-electron chi connectivity index (χ3n) is 4.60. The molecule has 0 atom stereocenters. The zero-order chi connectivity index (χ0) is 18.4. The topological polar surface area (TPSA) is 47.3 Å². The third kappa shape index (κ3) is 4.66. The quantitative estimate of drug-likeness (QED) is 0.777. The van der Waals surface area contributed by atoms with Gasteiger partial charge in [-0.1, -0.05) is 24.3 Å². The van der Waals surface area contributed by atoms with Crippen LogP contribution in [0.25, 0.3) is 0 Å². The van der Waals surface area contributed by atoms with Gasteiger partial charge in [-0.3, -0.25) is 4.79 Å². The Labute approximate surface area is 159 Å². The maximum Gasteiger partial charge on any atom is 0.255 e. The molecule has 0 aromatic heterocycles. The van der Waals surface area contributed by atoms with Crippen LogP contribution in [0.2, 0.25) is 0 Å². The number of hydrogen-bond donors (Lipinski definition) is 0. The van der Waals surface area contributed by atoms with Crippen LogP contribution in [0.15, 0.2) is 53.4 Å². The molecule has 5 heteroatoms. The number of benzene rings is 2. The molecule has 1 aliphatic rings. The highest BCUT2D eigenvalue weighted by Gasteiger charge is 2.21. The van der Waals surface area contributed by atoms with Crippen molar-refractivity contribution >= 4 is 17.7 Å². The lowest BCUT2D eigenvalue weighted by Crippen LogP contribution is -2.34. The zero-order valence-electron chi connectivity index (χ0n) is 15.0. The lowest BCUT2D eigenvalue weighted by atomic mass is 10.2. The van der Waals surface area contributed by atoms with E-state index in [2.05, 4.69) is 18.0 Å². The Morgan fingerprint density at radius 3 is 2.62 bits per heavy atom. The molecule has 1 aliphatic heterocycles. The Balaban J connectivity index is 1.70. The Morgan fingerprint density at radius 2 is 1.85 bits per heavy atom. The SMILES string of the molecule is CN1CCCN(C(=O)c2ccccc2SCc2ccc(C#N)cc2)CC1. The fourth-order valence-corrected chi connectivity index (χ4v) is 4.03. The summed E-state index contributed by atoms with van der Waals surface area (Å²) in [4.78, 5) is 18.3.